The molecule has 1 saturated carbocycles. The maximum Gasteiger partial charge on any atom is 0.326 e. The molecule has 5 unspecified atom stereocenters. The van der Waals surface area contributed by atoms with E-state index in [1.165, 1.54) is 11.8 Å². The Morgan fingerprint density at radius 2 is 1.50 bits per heavy atom. The molecule has 1 aliphatic heterocycles. The highest BCUT2D eigenvalue weighted by Crippen LogP contribution is 2.77. The molecule has 2 N–H and O–H groups in total. The van der Waals surface area contributed by atoms with E-state index in [1.54, 1.807) is 13.8 Å². The zero-order valence-corrected chi connectivity index (χ0v) is 24.2. The van der Waals surface area contributed by atoms with Crippen molar-refractivity contribution in [2.45, 2.75) is 50.4 Å². The maximum absolute atomic E-state index is 14.4. The predicted molar refractivity (Wildman–Crippen MR) is 152 cm³/mol. The van der Waals surface area contributed by atoms with Gasteiger partial charge in [-0.2, -0.15) is 0 Å². The maximum atomic E-state index is 14.4. The molecule has 2 aromatic carbocycles. The molecule has 0 aromatic heterocycles. The molecule has 40 heavy (non-hydrogen) atoms. The lowest BCUT2D eigenvalue weighted by Crippen LogP contribution is -2.50. The van der Waals surface area contributed by atoms with Gasteiger partial charge in [-0.25, -0.2) is 4.79 Å². The fourth-order valence-electron chi connectivity index (χ4n) is 7.19. The lowest BCUT2D eigenvalue weighted by atomic mass is 9.63. The van der Waals surface area contributed by atoms with Gasteiger partial charge in [0.05, 0.1) is 16.7 Å². The number of carboxylic acid groups (broad SMARTS) is 1. The minimum Gasteiger partial charge on any atom is -0.480 e. The topological polar surface area (TPSA) is 121 Å². The zero-order chi connectivity index (χ0) is 29.0. The van der Waals surface area contributed by atoms with Crippen LogP contribution in [0.15, 0.2) is 60.7 Å². The summed E-state index contributed by atoms with van der Waals surface area (Å²) in [5, 5.41) is 11.8. The van der Waals surface area contributed by atoms with Crippen LogP contribution in [0, 0.1) is 16.7 Å². The third kappa shape index (κ3) is 3.66. The van der Waals surface area contributed by atoms with E-state index >= 15 is 0 Å². The number of hydrogen-bond acceptors (Lipinski definition) is 5. The van der Waals surface area contributed by atoms with Gasteiger partial charge in [0.2, 0.25) is 17.7 Å². The van der Waals surface area contributed by atoms with E-state index in [2.05, 4.69) is 21.2 Å². The molecule has 2 aliphatic carbocycles. The van der Waals surface area contributed by atoms with Crippen LogP contribution in [0.25, 0.3) is 11.1 Å². The number of nitrogens with zero attached hydrogens (tertiary/aromatic N) is 1. The SMILES string of the molecule is CC(=O)NC(CCCCN1C(=O)C2C3(C)C(=O)C(C)(C(c4ccccc4)=C3c3ccccc3)C2(Br)C1=O)C(=O)O. The van der Waals surface area contributed by atoms with Crippen molar-refractivity contribution in [2.75, 3.05) is 6.54 Å². The standard InChI is InChI=1S/C31H31BrN2O6/c1-18(35)33-21(26(37)38)16-10-11-17-34-25(36)24-29(2)22(19-12-6-4-7-13-19)23(20-14-8-5-9-15-20)30(3,27(29)39)31(24,32)28(34)40/h4-9,12-15,21,24H,10-11,16-17H2,1-3H3,(H,33,35)(H,37,38). The number of aliphatic carboxylic acids is 1. The van der Waals surface area contributed by atoms with Gasteiger partial charge >= 0.3 is 5.97 Å². The van der Waals surface area contributed by atoms with Gasteiger partial charge in [-0.05, 0) is 55.4 Å². The summed E-state index contributed by atoms with van der Waals surface area (Å²) in [5.41, 5.74) is 0.644. The van der Waals surface area contributed by atoms with Crippen LogP contribution < -0.4 is 5.32 Å². The molecule has 2 aromatic rings. The summed E-state index contributed by atoms with van der Waals surface area (Å²) in [6.07, 6.45) is 0.910. The Bertz CT molecular complexity index is 1460. The number of allylic oxidation sites excluding steroid dienone is 2. The second-order valence-electron chi connectivity index (χ2n) is 11.2. The normalized spacial score (nSPS) is 29.6. The number of carbonyl (C=O) groups excluding carboxylic acids is 4. The van der Waals surface area contributed by atoms with Crippen molar-refractivity contribution < 1.29 is 29.1 Å². The number of imide groups is 1. The Hall–Kier alpha value is -3.59. The fraction of sp³-hybridized carbons (Fsp3) is 0.387. The molecule has 9 heteroatoms. The Balaban J connectivity index is 1.52. The van der Waals surface area contributed by atoms with Gasteiger partial charge in [-0.3, -0.25) is 24.1 Å². The Kier molecular flexibility index (Phi) is 6.85. The van der Waals surface area contributed by atoms with Crippen molar-refractivity contribution in [3.63, 3.8) is 0 Å². The van der Waals surface area contributed by atoms with Gasteiger partial charge in [0.25, 0.3) is 0 Å². The minimum atomic E-state index is -1.45. The number of alkyl halides is 1. The molecule has 8 nitrogen and oxygen atoms in total. The van der Waals surface area contributed by atoms with E-state index in [0.29, 0.717) is 12.8 Å². The first-order valence-electron chi connectivity index (χ1n) is 13.4. The van der Waals surface area contributed by atoms with Crippen molar-refractivity contribution in [2.24, 2.45) is 16.7 Å². The Morgan fingerprint density at radius 3 is 2.02 bits per heavy atom. The number of hydrogen-bond donors (Lipinski definition) is 2. The Morgan fingerprint density at radius 1 is 0.950 bits per heavy atom. The first-order valence-corrected chi connectivity index (χ1v) is 14.2. The highest BCUT2D eigenvalue weighted by Gasteiger charge is 2.85. The smallest absolute Gasteiger partial charge is 0.326 e. The van der Waals surface area contributed by atoms with Crippen LogP contribution in [0.5, 0.6) is 0 Å². The minimum absolute atomic E-state index is 0.0929. The number of fused-ring (bicyclic) bond motifs is 5. The summed E-state index contributed by atoms with van der Waals surface area (Å²) in [6, 6.07) is 18.1. The molecular formula is C31H31BrN2O6. The number of halogens is 1. The quantitative estimate of drug-likeness (QED) is 0.252. The van der Waals surface area contributed by atoms with E-state index in [0.717, 1.165) is 22.3 Å². The second kappa shape index (κ2) is 9.80. The fourth-order valence-corrected chi connectivity index (χ4v) is 8.44. The summed E-state index contributed by atoms with van der Waals surface area (Å²) in [6.45, 7) is 4.92. The van der Waals surface area contributed by atoms with Gasteiger partial charge in [-0.15, -0.1) is 0 Å². The van der Waals surface area contributed by atoms with Crippen molar-refractivity contribution in [1.29, 1.82) is 0 Å². The van der Waals surface area contributed by atoms with E-state index < -0.39 is 50.8 Å². The van der Waals surface area contributed by atoms with Crippen LogP contribution >= 0.6 is 15.9 Å². The predicted octanol–water partition coefficient (Wildman–Crippen LogP) is 4.08. The van der Waals surface area contributed by atoms with Crippen LogP contribution in [0.4, 0.5) is 0 Å². The number of ketones is 1. The summed E-state index contributed by atoms with van der Waals surface area (Å²) >= 11 is 3.73. The molecule has 2 bridgehead atoms. The zero-order valence-electron chi connectivity index (χ0n) is 22.6. The summed E-state index contributed by atoms with van der Waals surface area (Å²) in [7, 11) is 0. The molecule has 2 fully saturated rings. The van der Waals surface area contributed by atoms with Crippen molar-refractivity contribution >= 4 is 56.6 Å². The molecule has 0 spiro atoms. The number of benzene rings is 2. The van der Waals surface area contributed by atoms with Crippen LogP contribution in [0.1, 0.15) is 51.2 Å². The van der Waals surface area contributed by atoms with Crippen molar-refractivity contribution in [3.05, 3.63) is 71.8 Å². The number of unbranched alkanes of at least 4 members (excludes halogenated alkanes) is 1. The van der Waals surface area contributed by atoms with Crippen LogP contribution in [-0.4, -0.2) is 56.4 Å². The third-order valence-corrected chi connectivity index (χ3v) is 10.5. The third-order valence-electron chi connectivity index (χ3n) is 8.89. The largest absolute Gasteiger partial charge is 0.480 e. The molecule has 0 radical (unpaired) electrons. The number of amides is 3. The molecule has 3 aliphatic rings. The lowest BCUT2D eigenvalue weighted by Gasteiger charge is -2.41. The van der Waals surface area contributed by atoms with Crippen LogP contribution in [0.3, 0.4) is 0 Å². The highest BCUT2D eigenvalue weighted by molar-refractivity contribution is 9.10. The molecule has 1 saturated heterocycles. The molecule has 3 amide bonds. The van der Waals surface area contributed by atoms with Gasteiger partial charge in [0, 0.05) is 13.5 Å². The number of Topliss-reactive ketones (excluding diaryl/α,β-unsaturated/α-hetero) is 1. The highest BCUT2D eigenvalue weighted by atomic mass is 79.9. The number of carbonyl (C=O) groups is 5. The van der Waals surface area contributed by atoms with Gasteiger partial charge in [0.1, 0.15) is 10.4 Å². The van der Waals surface area contributed by atoms with Gasteiger partial charge < -0.3 is 10.4 Å². The van der Waals surface area contributed by atoms with Crippen LogP contribution in [0.2, 0.25) is 0 Å². The molecule has 1 heterocycles. The van der Waals surface area contributed by atoms with Gasteiger partial charge in [0.15, 0.2) is 5.78 Å². The van der Waals surface area contributed by atoms with E-state index in [4.69, 9.17) is 0 Å². The van der Waals surface area contributed by atoms with Crippen molar-refractivity contribution in [1.82, 2.24) is 10.2 Å². The monoisotopic (exact) mass is 606 g/mol. The average molecular weight is 608 g/mol. The van der Waals surface area contributed by atoms with E-state index in [9.17, 15) is 29.1 Å². The molecule has 208 valence electrons. The van der Waals surface area contributed by atoms with E-state index in [-0.39, 0.29) is 18.7 Å². The summed E-state index contributed by atoms with van der Waals surface area (Å²) in [4.78, 5) is 66.6. The number of likely N-dealkylation sites (tertiary alicyclic amines) is 1. The lowest BCUT2D eigenvalue weighted by molar-refractivity contribution is -0.144. The van der Waals surface area contributed by atoms with Gasteiger partial charge in [-0.1, -0.05) is 76.6 Å². The number of carboxylic acids is 1. The summed E-state index contributed by atoms with van der Waals surface area (Å²) in [5.74, 6) is -3.51. The second-order valence-corrected chi connectivity index (χ2v) is 12.4. The van der Waals surface area contributed by atoms with E-state index in [1.807, 2.05) is 60.7 Å². The van der Waals surface area contributed by atoms with Crippen LogP contribution in [-0.2, 0) is 24.0 Å². The first-order chi connectivity index (χ1) is 18.9. The number of nitrogens with one attached hydrogen (secondary N) is 1. The first kappa shape index (κ1) is 28.0. The number of rotatable bonds is 9. The Labute approximate surface area is 240 Å². The van der Waals surface area contributed by atoms with Crippen molar-refractivity contribution in [3.8, 4) is 0 Å². The average Bonchev–Trinajstić information content (AvgIpc) is 3.31. The molecular weight excluding hydrogens is 576 g/mol. The molecule has 5 rings (SSSR count). The summed E-state index contributed by atoms with van der Waals surface area (Å²) < 4.78 is -1.45. The molecule has 5 atom stereocenters.